The summed E-state index contributed by atoms with van der Waals surface area (Å²) >= 11 is 0. The van der Waals surface area contributed by atoms with Gasteiger partial charge in [0.25, 0.3) is 0 Å². The lowest BCUT2D eigenvalue weighted by Crippen LogP contribution is -3.13. The van der Waals surface area contributed by atoms with Crippen LogP contribution in [0.25, 0.3) is 6.08 Å². The molecule has 1 aliphatic rings. The van der Waals surface area contributed by atoms with Crippen LogP contribution < -0.4 is 4.90 Å². The molecule has 3 rings (SSSR count). The molecule has 132 valence electrons. The third-order valence-electron chi connectivity index (χ3n) is 4.56. The molecular weight excluding hydrogens is 332 g/mol. The number of benzene rings is 2. The largest absolute Gasteiger partial charge is 0.329 e. The summed E-state index contributed by atoms with van der Waals surface area (Å²) in [4.78, 5) is 1.43. The van der Waals surface area contributed by atoms with E-state index in [0.29, 0.717) is 13.1 Å². The Morgan fingerprint density at radius 2 is 1.76 bits per heavy atom. The van der Waals surface area contributed by atoms with Crippen LogP contribution in [-0.2, 0) is 16.6 Å². The summed E-state index contributed by atoms with van der Waals surface area (Å²) in [6, 6.07) is 18.1. The predicted molar refractivity (Wildman–Crippen MR) is 102 cm³/mol. The van der Waals surface area contributed by atoms with Gasteiger partial charge in [-0.25, -0.2) is 8.42 Å². The van der Waals surface area contributed by atoms with Gasteiger partial charge >= 0.3 is 0 Å². The molecule has 1 N–H and O–H groups in total. The van der Waals surface area contributed by atoms with Crippen molar-refractivity contribution in [1.82, 2.24) is 4.31 Å². The van der Waals surface area contributed by atoms with Crippen LogP contribution in [0.2, 0.25) is 0 Å². The molecule has 25 heavy (non-hydrogen) atoms. The first-order chi connectivity index (χ1) is 12.0. The van der Waals surface area contributed by atoms with Crippen molar-refractivity contribution in [1.29, 1.82) is 0 Å². The van der Waals surface area contributed by atoms with Gasteiger partial charge in [-0.05, 0) is 18.6 Å². The number of quaternary nitrogens is 1. The molecule has 1 heterocycles. The lowest BCUT2D eigenvalue weighted by Gasteiger charge is -2.30. The smallest absolute Gasteiger partial charge is 0.236 e. The van der Waals surface area contributed by atoms with Gasteiger partial charge in [0.1, 0.15) is 6.54 Å². The van der Waals surface area contributed by atoms with Gasteiger partial charge < -0.3 is 4.90 Å². The fourth-order valence-corrected chi connectivity index (χ4v) is 4.35. The SMILES string of the molecule is Cc1cccc(C[NH+]2CCN(S(=O)(=O)/C=C/c3ccccc3)CC2)c1. The first kappa shape index (κ1) is 17.9. The minimum atomic E-state index is -3.35. The molecule has 0 atom stereocenters. The third kappa shape index (κ3) is 5.01. The van der Waals surface area contributed by atoms with Crippen LogP contribution in [0.4, 0.5) is 0 Å². The van der Waals surface area contributed by atoms with Crippen LogP contribution in [0, 0.1) is 6.92 Å². The van der Waals surface area contributed by atoms with Crippen molar-refractivity contribution in [3.8, 4) is 0 Å². The second-order valence-corrected chi connectivity index (χ2v) is 8.39. The second-order valence-electron chi connectivity index (χ2n) is 6.57. The minimum Gasteiger partial charge on any atom is -0.329 e. The van der Waals surface area contributed by atoms with E-state index >= 15 is 0 Å². The Labute approximate surface area is 150 Å². The van der Waals surface area contributed by atoms with Crippen molar-refractivity contribution in [2.45, 2.75) is 13.5 Å². The van der Waals surface area contributed by atoms with E-state index in [-0.39, 0.29) is 0 Å². The number of nitrogens with one attached hydrogen (secondary N) is 1. The van der Waals surface area contributed by atoms with Crippen molar-refractivity contribution in [2.24, 2.45) is 0 Å². The zero-order valence-electron chi connectivity index (χ0n) is 14.6. The van der Waals surface area contributed by atoms with E-state index < -0.39 is 10.0 Å². The maximum absolute atomic E-state index is 12.5. The summed E-state index contributed by atoms with van der Waals surface area (Å²) < 4.78 is 26.6. The monoisotopic (exact) mass is 357 g/mol. The van der Waals surface area contributed by atoms with Gasteiger partial charge in [0.05, 0.1) is 26.2 Å². The van der Waals surface area contributed by atoms with E-state index in [1.54, 1.807) is 10.4 Å². The zero-order valence-corrected chi connectivity index (χ0v) is 15.4. The first-order valence-corrected chi connectivity index (χ1v) is 10.2. The Hall–Kier alpha value is -1.95. The lowest BCUT2D eigenvalue weighted by molar-refractivity contribution is -0.917. The standard InChI is InChI=1S/C20H24N2O2S/c1-18-6-5-9-20(16-18)17-21-11-13-22(14-12-21)25(23,24)15-10-19-7-3-2-4-8-19/h2-10,15-16H,11-14,17H2,1H3/p+1/b15-10+. The number of rotatable bonds is 5. The topological polar surface area (TPSA) is 41.8 Å². The Morgan fingerprint density at radius 3 is 2.44 bits per heavy atom. The van der Waals surface area contributed by atoms with Gasteiger partial charge in [-0.1, -0.05) is 60.2 Å². The number of piperazine rings is 1. The quantitative estimate of drug-likeness (QED) is 0.885. The summed E-state index contributed by atoms with van der Waals surface area (Å²) in [5.74, 6) is 0. The molecular formula is C20H25N2O2S+. The highest BCUT2D eigenvalue weighted by Crippen LogP contribution is 2.08. The average molecular weight is 357 g/mol. The molecule has 0 amide bonds. The van der Waals surface area contributed by atoms with Crippen molar-refractivity contribution >= 4 is 16.1 Å². The fourth-order valence-electron chi connectivity index (χ4n) is 3.16. The number of hydrogen-bond acceptors (Lipinski definition) is 2. The molecule has 2 aromatic rings. The first-order valence-electron chi connectivity index (χ1n) is 8.65. The summed E-state index contributed by atoms with van der Waals surface area (Å²) in [5, 5.41) is 1.33. The fraction of sp³-hybridized carbons (Fsp3) is 0.300. The second kappa shape index (κ2) is 7.95. The summed E-state index contributed by atoms with van der Waals surface area (Å²) in [6.45, 7) is 5.88. The molecule has 2 aromatic carbocycles. The Kier molecular flexibility index (Phi) is 5.68. The molecule has 0 aliphatic carbocycles. The van der Waals surface area contributed by atoms with Gasteiger partial charge in [-0.2, -0.15) is 4.31 Å². The highest BCUT2D eigenvalue weighted by Gasteiger charge is 2.27. The van der Waals surface area contributed by atoms with Crippen molar-refractivity contribution in [3.05, 3.63) is 76.7 Å². The van der Waals surface area contributed by atoms with Crippen LogP contribution in [0.15, 0.2) is 60.0 Å². The van der Waals surface area contributed by atoms with Gasteiger partial charge in [0.2, 0.25) is 10.0 Å². The van der Waals surface area contributed by atoms with Crippen LogP contribution in [0.5, 0.6) is 0 Å². The molecule has 0 spiro atoms. The molecule has 4 nitrogen and oxygen atoms in total. The molecule has 1 saturated heterocycles. The molecule has 0 aromatic heterocycles. The van der Waals surface area contributed by atoms with E-state index in [1.807, 2.05) is 30.3 Å². The zero-order chi connectivity index (χ0) is 17.7. The highest BCUT2D eigenvalue weighted by atomic mass is 32.2. The molecule has 1 aliphatic heterocycles. The van der Waals surface area contributed by atoms with E-state index in [4.69, 9.17) is 0 Å². The normalized spacial score (nSPS) is 17.2. The maximum Gasteiger partial charge on any atom is 0.236 e. The Morgan fingerprint density at radius 1 is 1.04 bits per heavy atom. The average Bonchev–Trinajstić information content (AvgIpc) is 2.62. The summed E-state index contributed by atoms with van der Waals surface area (Å²) in [6.07, 6.45) is 1.67. The van der Waals surface area contributed by atoms with Crippen molar-refractivity contribution in [3.63, 3.8) is 0 Å². The van der Waals surface area contributed by atoms with E-state index in [1.165, 1.54) is 21.4 Å². The van der Waals surface area contributed by atoms with Crippen LogP contribution in [-0.4, -0.2) is 38.9 Å². The highest BCUT2D eigenvalue weighted by molar-refractivity contribution is 7.92. The Balaban J connectivity index is 1.57. The molecule has 0 unspecified atom stereocenters. The number of aryl methyl sites for hydroxylation is 1. The van der Waals surface area contributed by atoms with Gasteiger partial charge in [-0.15, -0.1) is 0 Å². The van der Waals surface area contributed by atoms with Crippen molar-refractivity contribution in [2.75, 3.05) is 26.2 Å². The van der Waals surface area contributed by atoms with E-state index in [9.17, 15) is 8.42 Å². The molecule has 5 heteroatoms. The Bertz CT molecular complexity index is 824. The predicted octanol–water partition coefficient (Wildman–Crippen LogP) is 1.70. The van der Waals surface area contributed by atoms with Crippen LogP contribution in [0.1, 0.15) is 16.7 Å². The van der Waals surface area contributed by atoms with Crippen molar-refractivity contribution < 1.29 is 13.3 Å². The summed E-state index contributed by atoms with van der Waals surface area (Å²) in [5.41, 5.74) is 3.48. The number of sulfonamides is 1. The summed E-state index contributed by atoms with van der Waals surface area (Å²) in [7, 11) is -3.35. The minimum absolute atomic E-state index is 0.572. The number of hydrogen-bond donors (Lipinski definition) is 1. The maximum atomic E-state index is 12.5. The van der Waals surface area contributed by atoms with E-state index in [2.05, 4.69) is 31.2 Å². The lowest BCUT2D eigenvalue weighted by atomic mass is 10.1. The molecule has 0 saturated carbocycles. The van der Waals surface area contributed by atoms with Gasteiger partial charge in [0.15, 0.2) is 0 Å². The van der Waals surface area contributed by atoms with Crippen LogP contribution in [0.3, 0.4) is 0 Å². The molecule has 0 radical (unpaired) electrons. The molecule has 1 fully saturated rings. The van der Waals surface area contributed by atoms with Gasteiger partial charge in [-0.3, -0.25) is 0 Å². The molecule has 0 bridgehead atoms. The number of nitrogens with zero attached hydrogens (tertiary/aromatic N) is 1. The van der Waals surface area contributed by atoms with Gasteiger partial charge in [0, 0.05) is 11.0 Å². The van der Waals surface area contributed by atoms with Crippen LogP contribution >= 0.6 is 0 Å². The van der Waals surface area contributed by atoms with E-state index in [0.717, 1.165) is 25.2 Å². The third-order valence-corrected chi connectivity index (χ3v) is 6.12.